The van der Waals surface area contributed by atoms with E-state index in [0.717, 1.165) is 49.0 Å². The SMILES string of the molecule is O=C(O)CC(=O)O.[CH3][K]. The summed E-state index contributed by atoms with van der Waals surface area (Å²) in [6.45, 7) is 0. The van der Waals surface area contributed by atoms with Crippen LogP contribution in [0, 0.1) is 0 Å². The second-order valence-corrected chi connectivity index (χ2v) is 0.964. The Morgan fingerprint density at radius 3 is 1.44 bits per heavy atom. The predicted octanol–water partition coefficient (Wildman–Crippen LogP) is -0.251. The Hall–Kier alpha value is 0.576. The molecule has 0 radical (unpaired) electrons. The molecule has 0 atom stereocenters. The standard InChI is InChI=1S/C3H4O4.CH3.K/c4-2(5)1-3(6)7;;/h1H2,(H,4,5)(H,6,7);1H3;. The molecule has 0 saturated heterocycles. The molecule has 0 aliphatic heterocycles. The van der Waals surface area contributed by atoms with Crippen LogP contribution < -0.4 is 0 Å². The molecule has 4 nitrogen and oxygen atoms in total. The van der Waals surface area contributed by atoms with Crippen LogP contribution >= 0.6 is 0 Å². The maximum atomic E-state index is 9.43. The van der Waals surface area contributed by atoms with E-state index in [4.69, 9.17) is 10.2 Å². The van der Waals surface area contributed by atoms with Gasteiger partial charge in [0.2, 0.25) is 0 Å². The Bertz CT molecular complexity index is 88.7. The zero-order chi connectivity index (χ0) is 7.86. The average Bonchev–Trinajstić information content (AvgIpc) is 1.68. The number of aliphatic carboxylic acids is 2. The molecule has 0 unspecified atom stereocenters. The van der Waals surface area contributed by atoms with Crippen molar-refractivity contribution in [2.75, 3.05) is 0 Å². The summed E-state index contributed by atoms with van der Waals surface area (Å²) in [5, 5.41) is 15.4. The number of hydrogen-bond donors (Lipinski definition) is 2. The third-order valence-corrected chi connectivity index (χ3v) is 0.302. The number of carboxylic acid groups (broad SMARTS) is 2. The van der Waals surface area contributed by atoms with Crippen LogP contribution in [0.5, 0.6) is 0 Å². The van der Waals surface area contributed by atoms with Crippen molar-refractivity contribution >= 4 is 60.9 Å². The van der Waals surface area contributed by atoms with Gasteiger partial charge in [0.1, 0.15) is 6.42 Å². The van der Waals surface area contributed by atoms with E-state index in [1.54, 1.807) is 0 Å². The van der Waals surface area contributed by atoms with Gasteiger partial charge in [0.15, 0.2) is 0 Å². The fourth-order valence-corrected chi connectivity index (χ4v) is 0.129. The molecule has 0 heterocycles. The molecule has 0 aromatic rings. The quantitative estimate of drug-likeness (QED) is 0.429. The fraction of sp³-hybridized carbons (Fsp3) is 0.500. The van der Waals surface area contributed by atoms with Gasteiger partial charge in [-0.2, -0.15) is 0 Å². The van der Waals surface area contributed by atoms with Gasteiger partial charge in [-0.15, -0.1) is 0 Å². The summed E-state index contributed by atoms with van der Waals surface area (Å²) in [5.74, 6) is -2.62. The Morgan fingerprint density at radius 2 is 1.44 bits per heavy atom. The summed E-state index contributed by atoms with van der Waals surface area (Å²) < 4.78 is 2.19. The van der Waals surface area contributed by atoms with E-state index in [1.807, 2.05) is 0 Å². The van der Waals surface area contributed by atoms with Crippen LogP contribution in [0.15, 0.2) is 0 Å². The number of hydrogen-bond acceptors (Lipinski definition) is 2. The molecule has 0 rings (SSSR count). The van der Waals surface area contributed by atoms with Gasteiger partial charge < -0.3 is 10.2 Å². The van der Waals surface area contributed by atoms with Crippen LogP contribution in [0.1, 0.15) is 6.42 Å². The zero-order valence-electron chi connectivity index (χ0n) is 5.42. The van der Waals surface area contributed by atoms with Crippen LogP contribution in [0.3, 0.4) is 0 Å². The summed E-state index contributed by atoms with van der Waals surface area (Å²) in [5.41, 5.74) is 0. The van der Waals surface area contributed by atoms with Crippen LogP contribution in [0.25, 0.3) is 0 Å². The first-order valence-electron chi connectivity index (χ1n) is 2.56. The second kappa shape index (κ2) is 8.58. The average molecular weight is 158 g/mol. The first-order chi connectivity index (χ1) is 4.13. The molecule has 0 aromatic heterocycles. The van der Waals surface area contributed by atoms with Gasteiger partial charge >= 0.3 is 61.9 Å². The molecule has 48 valence electrons. The molecule has 2 N–H and O–H groups in total. The van der Waals surface area contributed by atoms with Crippen molar-refractivity contribution in [2.24, 2.45) is 0 Å². The summed E-state index contributed by atoms with van der Waals surface area (Å²) in [6.07, 6.45) is -0.806. The summed E-state index contributed by atoms with van der Waals surface area (Å²) >= 11 is 1.06. The van der Waals surface area contributed by atoms with E-state index in [9.17, 15) is 9.59 Å². The van der Waals surface area contributed by atoms with Crippen molar-refractivity contribution in [1.82, 2.24) is 0 Å². The Kier molecular flexibility index (Phi) is 11.7. The van der Waals surface area contributed by atoms with Crippen LogP contribution in [0.2, 0.25) is 1.02 Å². The third-order valence-electron chi connectivity index (χ3n) is 0.302. The Balaban J connectivity index is 0. The van der Waals surface area contributed by atoms with Gasteiger partial charge in [0, 0.05) is 0 Å². The first kappa shape index (κ1) is 12.3. The number of carbonyl (C=O) groups is 2. The molecule has 5 heteroatoms. The Morgan fingerprint density at radius 1 is 1.22 bits per heavy atom. The van der Waals surface area contributed by atoms with E-state index < -0.39 is 18.4 Å². The van der Waals surface area contributed by atoms with Gasteiger partial charge in [0.05, 0.1) is 0 Å². The zero-order valence-corrected chi connectivity index (χ0v) is 8.54. The molecule has 0 aliphatic rings. The van der Waals surface area contributed by atoms with Crippen molar-refractivity contribution < 1.29 is 19.8 Å². The van der Waals surface area contributed by atoms with Crippen molar-refractivity contribution in [3.05, 3.63) is 0 Å². The molecular weight excluding hydrogens is 151 g/mol. The predicted molar refractivity (Wildman–Crippen MR) is 31.5 cm³/mol. The van der Waals surface area contributed by atoms with Crippen LogP contribution in [0.4, 0.5) is 0 Å². The van der Waals surface area contributed by atoms with Crippen molar-refractivity contribution in [3.8, 4) is 0 Å². The molecule has 0 fully saturated rings. The van der Waals surface area contributed by atoms with Gasteiger partial charge in [0.25, 0.3) is 0 Å². The molecule has 9 heavy (non-hydrogen) atoms. The number of carboxylic acids is 2. The molecule has 0 aromatic carbocycles. The fourth-order valence-electron chi connectivity index (χ4n) is 0.129. The molecule has 0 amide bonds. The second-order valence-electron chi connectivity index (χ2n) is 0.964. The maximum absolute atomic E-state index is 9.43. The molecular formula is C4H7KO4. The molecule has 0 spiro atoms. The summed E-state index contributed by atoms with van der Waals surface area (Å²) in [7, 11) is 0. The molecule has 0 bridgehead atoms. The van der Waals surface area contributed by atoms with E-state index in [2.05, 4.69) is 1.02 Å². The van der Waals surface area contributed by atoms with Crippen molar-refractivity contribution in [2.45, 2.75) is 7.44 Å². The minimum absolute atomic E-state index is 0.806. The van der Waals surface area contributed by atoms with E-state index in [1.165, 1.54) is 0 Å². The van der Waals surface area contributed by atoms with Gasteiger partial charge in [-0.05, 0) is 0 Å². The minimum atomic E-state index is -1.31. The van der Waals surface area contributed by atoms with E-state index in [0.29, 0.717) is 0 Å². The van der Waals surface area contributed by atoms with E-state index >= 15 is 0 Å². The molecule has 0 saturated carbocycles. The van der Waals surface area contributed by atoms with E-state index in [-0.39, 0.29) is 0 Å². The summed E-state index contributed by atoms with van der Waals surface area (Å²) in [6, 6.07) is 0. The third kappa shape index (κ3) is 17.7. The number of rotatable bonds is 2. The van der Waals surface area contributed by atoms with Crippen LogP contribution in [-0.4, -0.2) is 71.1 Å². The summed E-state index contributed by atoms with van der Waals surface area (Å²) in [4.78, 5) is 18.9. The van der Waals surface area contributed by atoms with Crippen molar-refractivity contribution in [1.29, 1.82) is 0 Å². The van der Waals surface area contributed by atoms with Gasteiger partial charge in [-0.3, -0.25) is 9.59 Å². The monoisotopic (exact) mass is 158 g/mol. The van der Waals surface area contributed by atoms with Crippen LogP contribution in [-0.2, 0) is 9.59 Å². The molecule has 0 aliphatic carbocycles. The van der Waals surface area contributed by atoms with Gasteiger partial charge in [-0.25, -0.2) is 0 Å². The van der Waals surface area contributed by atoms with Gasteiger partial charge in [-0.1, -0.05) is 0 Å². The normalized spacial score (nSPS) is 7.00. The first-order valence-corrected chi connectivity index (χ1v) is 5.69. The topological polar surface area (TPSA) is 74.6 Å². The van der Waals surface area contributed by atoms with Crippen molar-refractivity contribution in [3.63, 3.8) is 0 Å². The Labute approximate surface area is 86.8 Å².